The maximum absolute atomic E-state index is 12.6. The molecular weight excluding hydrogens is 393 g/mol. The lowest BCUT2D eigenvalue weighted by atomic mass is 9.91. The van der Waals surface area contributed by atoms with Gasteiger partial charge in [0.15, 0.2) is 0 Å². The van der Waals surface area contributed by atoms with Crippen LogP contribution in [-0.2, 0) is 16.2 Å². The number of benzene rings is 1. The molecule has 0 heterocycles. The molecule has 1 saturated carbocycles. The van der Waals surface area contributed by atoms with Crippen molar-refractivity contribution in [3.63, 3.8) is 0 Å². The summed E-state index contributed by atoms with van der Waals surface area (Å²) in [6, 6.07) is 3.91. The van der Waals surface area contributed by atoms with Crippen LogP contribution in [0.3, 0.4) is 0 Å². The minimum atomic E-state index is -4.45. The molecule has 0 saturated heterocycles. The smallest absolute Gasteiger partial charge is 0.348 e. The van der Waals surface area contributed by atoms with E-state index < -0.39 is 27.7 Å². The van der Waals surface area contributed by atoms with Gasteiger partial charge in [0.05, 0.1) is 10.5 Å². The third-order valence-corrected chi connectivity index (χ3v) is 6.52. The van der Waals surface area contributed by atoms with Crippen molar-refractivity contribution >= 4 is 15.9 Å². The zero-order valence-corrected chi connectivity index (χ0v) is 16.1. The Kier molecular flexibility index (Phi) is 4.95. The Morgan fingerprint density at radius 3 is 2.29 bits per heavy atom. The normalized spacial score (nSPS) is 26.5. The predicted octanol–water partition coefficient (Wildman–Crippen LogP) is 3.21. The van der Waals surface area contributed by atoms with Gasteiger partial charge in [-0.3, -0.25) is 4.79 Å². The molecule has 1 amide bonds. The van der Waals surface area contributed by atoms with E-state index in [0.29, 0.717) is 6.42 Å². The molecule has 9 heteroatoms. The molecule has 5 nitrogen and oxygen atoms in total. The first kappa shape index (κ1) is 20.6. The summed E-state index contributed by atoms with van der Waals surface area (Å²) >= 11 is 0. The second-order valence-corrected chi connectivity index (χ2v) is 9.34. The van der Waals surface area contributed by atoms with Gasteiger partial charge in [-0.2, -0.15) is 13.2 Å². The maximum Gasteiger partial charge on any atom is 0.416 e. The van der Waals surface area contributed by atoms with Gasteiger partial charge in [-0.15, -0.1) is 0 Å². The van der Waals surface area contributed by atoms with Gasteiger partial charge < -0.3 is 5.32 Å². The van der Waals surface area contributed by atoms with Crippen molar-refractivity contribution in [1.29, 1.82) is 0 Å². The number of nitrogens with two attached hydrogens (primary N) is 1. The van der Waals surface area contributed by atoms with Crippen LogP contribution in [0.2, 0.25) is 0 Å². The third kappa shape index (κ3) is 4.00. The Labute approximate surface area is 161 Å². The van der Waals surface area contributed by atoms with Crippen LogP contribution >= 0.6 is 0 Å². The van der Waals surface area contributed by atoms with Crippen molar-refractivity contribution in [3.8, 4) is 0 Å². The van der Waals surface area contributed by atoms with Gasteiger partial charge in [0.2, 0.25) is 10.0 Å². The summed E-state index contributed by atoms with van der Waals surface area (Å²) in [4.78, 5) is 12.5. The van der Waals surface area contributed by atoms with Crippen LogP contribution in [0.15, 0.2) is 47.4 Å². The number of allylic oxidation sites excluding steroid dienone is 3. The first-order valence-corrected chi connectivity index (χ1v) is 10.3. The molecule has 2 aliphatic carbocycles. The minimum Gasteiger partial charge on any atom is -0.348 e. The Morgan fingerprint density at radius 2 is 1.82 bits per heavy atom. The Balaban J connectivity index is 1.66. The van der Waals surface area contributed by atoms with E-state index in [1.807, 2.05) is 13.8 Å². The van der Waals surface area contributed by atoms with E-state index in [1.54, 1.807) is 12.2 Å². The molecular formula is C19H21F3N2O3S. The van der Waals surface area contributed by atoms with E-state index in [1.165, 1.54) is 6.08 Å². The molecule has 3 atom stereocenters. The Hall–Kier alpha value is -2.13. The fraction of sp³-hybridized carbons (Fsp3) is 0.421. The molecule has 0 spiro atoms. The van der Waals surface area contributed by atoms with Crippen LogP contribution in [0.5, 0.6) is 0 Å². The van der Waals surface area contributed by atoms with Gasteiger partial charge in [0.1, 0.15) is 0 Å². The number of carbonyl (C=O) groups is 1. The van der Waals surface area contributed by atoms with E-state index in [2.05, 4.69) is 5.32 Å². The third-order valence-electron chi connectivity index (χ3n) is 5.56. The summed E-state index contributed by atoms with van der Waals surface area (Å²) in [5.41, 5.74) is -0.868. The maximum atomic E-state index is 12.6. The highest BCUT2D eigenvalue weighted by Gasteiger charge is 2.60. The summed E-state index contributed by atoms with van der Waals surface area (Å²) in [7, 11) is -3.74. The van der Waals surface area contributed by atoms with E-state index in [4.69, 9.17) is 5.14 Å². The number of sulfonamides is 1. The molecule has 1 aromatic carbocycles. The lowest BCUT2D eigenvalue weighted by Crippen LogP contribution is -2.29. The van der Waals surface area contributed by atoms with Gasteiger partial charge >= 0.3 is 6.18 Å². The largest absolute Gasteiger partial charge is 0.416 e. The predicted molar refractivity (Wildman–Crippen MR) is 98.4 cm³/mol. The second-order valence-electron chi connectivity index (χ2n) is 7.78. The van der Waals surface area contributed by atoms with Crippen molar-refractivity contribution in [2.45, 2.75) is 32.5 Å². The molecule has 2 aliphatic rings. The number of hydrogen-bond donors (Lipinski definition) is 2. The van der Waals surface area contributed by atoms with Crippen molar-refractivity contribution < 1.29 is 26.4 Å². The molecule has 1 unspecified atom stereocenters. The average Bonchev–Trinajstić information content (AvgIpc) is 3.13. The lowest BCUT2D eigenvalue weighted by Gasteiger charge is -2.16. The summed E-state index contributed by atoms with van der Waals surface area (Å²) < 4.78 is 60.7. The number of amides is 1. The SMILES string of the molecule is CC1(C)[C@@H](NC(=O)c2ccc(C(F)(F)F)cc2)[C@@H]1C1C=CC(S(N)(=O)=O)=CC1. The van der Waals surface area contributed by atoms with Gasteiger partial charge in [-0.1, -0.05) is 26.0 Å². The zero-order valence-electron chi connectivity index (χ0n) is 15.3. The summed E-state index contributed by atoms with van der Waals surface area (Å²) in [5.74, 6) is -0.311. The van der Waals surface area contributed by atoms with Crippen molar-refractivity contribution in [2.75, 3.05) is 0 Å². The van der Waals surface area contributed by atoms with E-state index in [9.17, 15) is 26.4 Å². The number of rotatable bonds is 4. The molecule has 1 fully saturated rings. The molecule has 0 radical (unpaired) electrons. The van der Waals surface area contributed by atoms with Gasteiger partial charge in [0.25, 0.3) is 5.91 Å². The molecule has 3 N–H and O–H groups in total. The Morgan fingerprint density at radius 1 is 1.21 bits per heavy atom. The fourth-order valence-corrected chi connectivity index (χ4v) is 4.48. The number of alkyl halides is 3. The van der Waals surface area contributed by atoms with Gasteiger partial charge in [-0.05, 0) is 54.0 Å². The summed E-state index contributed by atoms with van der Waals surface area (Å²) in [6.07, 6.45) is 0.879. The minimum absolute atomic E-state index is 0.0402. The number of halogens is 3. The van der Waals surface area contributed by atoms with Crippen molar-refractivity contribution in [1.82, 2.24) is 5.32 Å². The second kappa shape index (κ2) is 6.73. The average molecular weight is 414 g/mol. The first-order valence-electron chi connectivity index (χ1n) is 8.71. The molecule has 0 aliphatic heterocycles. The quantitative estimate of drug-likeness (QED) is 0.793. The molecule has 3 rings (SSSR count). The lowest BCUT2D eigenvalue weighted by molar-refractivity contribution is -0.137. The van der Waals surface area contributed by atoms with Crippen LogP contribution in [0.1, 0.15) is 36.2 Å². The summed E-state index contributed by atoms with van der Waals surface area (Å²) in [6.45, 7) is 3.98. The number of primary sulfonamides is 1. The van der Waals surface area contributed by atoms with Crippen LogP contribution in [-0.4, -0.2) is 20.4 Å². The van der Waals surface area contributed by atoms with Gasteiger partial charge in [-0.25, -0.2) is 13.6 Å². The summed E-state index contributed by atoms with van der Waals surface area (Å²) in [5, 5.41) is 8.01. The highest BCUT2D eigenvalue weighted by Crippen LogP contribution is 2.57. The monoisotopic (exact) mass is 414 g/mol. The molecule has 1 aromatic rings. The highest BCUT2D eigenvalue weighted by atomic mass is 32.2. The molecule has 0 bridgehead atoms. The fourth-order valence-electron chi connectivity index (χ4n) is 3.88. The van der Waals surface area contributed by atoms with Crippen molar-refractivity contribution in [3.05, 3.63) is 58.5 Å². The zero-order chi connectivity index (χ0) is 20.9. The highest BCUT2D eigenvalue weighted by molar-refractivity contribution is 7.93. The van der Waals surface area contributed by atoms with Crippen LogP contribution in [0.25, 0.3) is 0 Å². The van der Waals surface area contributed by atoms with Crippen LogP contribution in [0, 0.1) is 17.3 Å². The molecule has 0 aromatic heterocycles. The number of hydrogen-bond acceptors (Lipinski definition) is 3. The standard InChI is InChI=1S/C19H21F3N2O3S/c1-18(2)15(11-5-9-14(10-6-11)28(23,26)27)16(18)24-17(25)12-3-7-13(8-4-12)19(20,21)22/h3-5,7-11,15-16H,6H2,1-2H3,(H,24,25)(H2,23,26,27)/t11?,15-,16-/m0/s1. The van der Waals surface area contributed by atoms with Crippen LogP contribution in [0.4, 0.5) is 13.2 Å². The number of carbonyl (C=O) groups excluding carboxylic acids is 1. The van der Waals surface area contributed by atoms with Crippen molar-refractivity contribution in [2.24, 2.45) is 22.4 Å². The van der Waals surface area contributed by atoms with E-state index in [-0.39, 0.29) is 33.8 Å². The first-order chi connectivity index (χ1) is 12.8. The topological polar surface area (TPSA) is 89.3 Å². The Bertz CT molecular complexity index is 948. The van der Waals surface area contributed by atoms with E-state index in [0.717, 1.165) is 24.3 Å². The number of nitrogens with one attached hydrogen (secondary N) is 1. The van der Waals surface area contributed by atoms with Gasteiger partial charge in [0, 0.05) is 11.6 Å². The molecule has 152 valence electrons. The van der Waals surface area contributed by atoms with Crippen LogP contribution < -0.4 is 10.5 Å². The molecule has 28 heavy (non-hydrogen) atoms. The van der Waals surface area contributed by atoms with E-state index >= 15 is 0 Å².